The zero-order chi connectivity index (χ0) is 13.6. The summed E-state index contributed by atoms with van der Waals surface area (Å²) in [6.07, 6.45) is 4.06. The smallest absolute Gasteiger partial charge is 0.181 e. The van der Waals surface area contributed by atoms with Crippen molar-refractivity contribution in [2.75, 3.05) is 0 Å². The van der Waals surface area contributed by atoms with Gasteiger partial charge in [-0.1, -0.05) is 60.7 Å². The highest BCUT2D eigenvalue weighted by Crippen LogP contribution is 2.14. The number of nitrogens with one attached hydrogen (secondary N) is 1. The van der Waals surface area contributed by atoms with Gasteiger partial charge in [0, 0.05) is 12.0 Å². The predicted octanol–water partition coefficient (Wildman–Crippen LogP) is 3.66. The van der Waals surface area contributed by atoms with Gasteiger partial charge in [0.15, 0.2) is 5.82 Å². The third kappa shape index (κ3) is 3.12. The van der Waals surface area contributed by atoms with E-state index in [2.05, 4.69) is 45.9 Å². The average molecular weight is 262 g/mol. The third-order valence-corrected chi connectivity index (χ3v) is 3.15. The first-order chi connectivity index (χ1) is 9.92. The average Bonchev–Trinajstić information content (AvgIpc) is 2.98. The maximum Gasteiger partial charge on any atom is 0.181 e. The molecule has 1 aromatic heterocycles. The summed E-state index contributed by atoms with van der Waals surface area (Å²) in [5.41, 5.74) is 2.37. The minimum Gasteiger partial charge on any atom is -0.262 e. The van der Waals surface area contributed by atoms with Gasteiger partial charge in [-0.25, -0.2) is 4.98 Å². The van der Waals surface area contributed by atoms with Gasteiger partial charge in [-0.15, -0.1) is 0 Å². The lowest BCUT2D eigenvalue weighted by Gasteiger charge is -1.98. The first-order valence-electron chi connectivity index (χ1n) is 6.77. The van der Waals surface area contributed by atoms with Gasteiger partial charge in [0.05, 0.1) is 0 Å². The van der Waals surface area contributed by atoms with Gasteiger partial charge in [-0.3, -0.25) is 5.10 Å². The fraction of sp³-hybridized carbons (Fsp3) is 0.118. The molecule has 0 fully saturated rings. The van der Waals surface area contributed by atoms with E-state index in [1.807, 2.05) is 36.4 Å². The number of aromatic nitrogens is 3. The summed E-state index contributed by atoms with van der Waals surface area (Å²) < 4.78 is 0. The standard InChI is InChI=1S/C17H16N3/c1-3-8-14(9-4-1)10-7-13-16-18-17(20-19-16)15-11-5-2-6-12-15/h1-6,8-9,11-13H,7,10H2,(H,18,19,20). The maximum atomic E-state index is 4.49. The second kappa shape index (κ2) is 6.15. The van der Waals surface area contributed by atoms with Gasteiger partial charge in [-0.2, -0.15) is 5.10 Å². The highest BCUT2D eigenvalue weighted by molar-refractivity contribution is 5.54. The van der Waals surface area contributed by atoms with Gasteiger partial charge in [0.2, 0.25) is 0 Å². The molecule has 0 bridgehead atoms. The van der Waals surface area contributed by atoms with Crippen molar-refractivity contribution in [2.45, 2.75) is 12.8 Å². The van der Waals surface area contributed by atoms with E-state index >= 15 is 0 Å². The first kappa shape index (κ1) is 12.6. The van der Waals surface area contributed by atoms with Crippen LogP contribution in [0.15, 0.2) is 60.7 Å². The number of hydrogen-bond acceptors (Lipinski definition) is 2. The van der Waals surface area contributed by atoms with Gasteiger partial charge >= 0.3 is 0 Å². The molecule has 0 unspecified atom stereocenters. The molecule has 3 nitrogen and oxygen atoms in total. The van der Waals surface area contributed by atoms with Crippen LogP contribution in [-0.2, 0) is 6.42 Å². The number of aryl methyl sites for hydroxylation is 1. The van der Waals surface area contributed by atoms with Crippen molar-refractivity contribution in [1.29, 1.82) is 0 Å². The topological polar surface area (TPSA) is 41.6 Å². The van der Waals surface area contributed by atoms with Crippen LogP contribution in [-0.4, -0.2) is 15.2 Å². The van der Waals surface area contributed by atoms with Crippen LogP contribution in [0, 0.1) is 6.42 Å². The number of nitrogens with zero attached hydrogens (tertiary/aromatic N) is 2. The molecule has 2 aromatic carbocycles. The van der Waals surface area contributed by atoms with Crippen molar-refractivity contribution < 1.29 is 0 Å². The minimum atomic E-state index is 0.747. The summed E-state index contributed by atoms with van der Waals surface area (Å²) in [6.45, 7) is 0. The fourth-order valence-corrected chi connectivity index (χ4v) is 2.10. The molecule has 1 radical (unpaired) electrons. The SMILES string of the molecule is [CH](CCc1ccccc1)c1nc(-c2ccccc2)n[nH]1. The van der Waals surface area contributed by atoms with Crippen LogP contribution >= 0.6 is 0 Å². The Balaban J connectivity index is 1.58. The monoisotopic (exact) mass is 262 g/mol. The highest BCUT2D eigenvalue weighted by atomic mass is 15.2. The lowest BCUT2D eigenvalue weighted by atomic mass is 10.1. The molecular weight excluding hydrogens is 246 g/mol. The lowest BCUT2D eigenvalue weighted by Crippen LogP contribution is -1.89. The Kier molecular flexibility index (Phi) is 3.88. The Labute approximate surface area is 118 Å². The highest BCUT2D eigenvalue weighted by Gasteiger charge is 2.05. The molecule has 1 N–H and O–H groups in total. The molecule has 3 heteroatoms. The lowest BCUT2D eigenvalue weighted by molar-refractivity contribution is 0.910. The van der Waals surface area contributed by atoms with Crippen molar-refractivity contribution in [2.24, 2.45) is 0 Å². The van der Waals surface area contributed by atoms with Gasteiger partial charge in [-0.05, 0) is 18.4 Å². The van der Waals surface area contributed by atoms with Crippen LogP contribution in [0.2, 0.25) is 0 Å². The number of hydrogen-bond donors (Lipinski definition) is 1. The van der Waals surface area contributed by atoms with E-state index in [1.54, 1.807) is 0 Å². The van der Waals surface area contributed by atoms with Crippen LogP contribution in [0.4, 0.5) is 0 Å². The van der Waals surface area contributed by atoms with Crippen LogP contribution in [0.1, 0.15) is 17.8 Å². The second-order valence-electron chi connectivity index (χ2n) is 4.64. The Bertz CT molecular complexity index is 644. The summed E-state index contributed by atoms with van der Waals surface area (Å²) in [5.74, 6) is 1.58. The summed E-state index contributed by atoms with van der Waals surface area (Å²) in [6, 6.07) is 20.4. The summed E-state index contributed by atoms with van der Waals surface area (Å²) in [5, 5.41) is 7.22. The molecule has 0 atom stereocenters. The van der Waals surface area contributed by atoms with Crippen LogP contribution in [0.3, 0.4) is 0 Å². The third-order valence-electron chi connectivity index (χ3n) is 3.15. The number of H-pyrrole nitrogens is 1. The van der Waals surface area contributed by atoms with Gasteiger partial charge in [0.25, 0.3) is 0 Å². The van der Waals surface area contributed by atoms with Gasteiger partial charge in [0.1, 0.15) is 5.82 Å². The molecular formula is C17H16N3. The Morgan fingerprint density at radius 1 is 0.900 bits per heavy atom. The van der Waals surface area contributed by atoms with Crippen molar-refractivity contribution in [3.05, 3.63) is 78.5 Å². The van der Waals surface area contributed by atoms with Crippen molar-refractivity contribution in [3.8, 4) is 11.4 Å². The molecule has 3 aromatic rings. The van der Waals surface area contributed by atoms with E-state index in [0.717, 1.165) is 30.1 Å². The molecule has 99 valence electrons. The number of rotatable bonds is 5. The van der Waals surface area contributed by atoms with Crippen molar-refractivity contribution in [3.63, 3.8) is 0 Å². The predicted molar refractivity (Wildman–Crippen MR) is 80.0 cm³/mol. The van der Waals surface area contributed by atoms with Crippen LogP contribution in [0.25, 0.3) is 11.4 Å². The summed E-state index contributed by atoms with van der Waals surface area (Å²) in [4.78, 5) is 4.49. The Hall–Kier alpha value is -2.42. The molecule has 0 saturated carbocycles. The molecule has 0 aliphatic rings. The zero-order valence-electron chi connectivity index (χ0n) is 11.2. The Morgan fingerprint density at radius 3 is 2.35 bits per heavy atom. The summed E-state index contributed by atoms with van der Waals surface area (Å²) >= 11 is 0. The minimum absolute atomic E-state index is 0.747. The van der Waals surface area contributed by atoms with Crippen molar-refractivity contribution in [1.82, 2.24) is 15.2 Å². The molecule has 0 saturated heterocycles. The van der Waals surface area contributed by atoms with Crippen molar-refractivity contribution >= 4 is 0 Å². The second-order valence-corrected chi connectivity index (χ2v) is 4.64. The molecule has 20 heavy (non-hydrogen) atoms. The van der Waals surface area contributed by atoms with E-state index in [9.17, 15) is 0 Å². The number of benzene rings is 2. The molecule has 0 amide bonds. The van der Waals surface area contributed by atoms with Crippen LogP contribution in [0.5, 0.6) is 0 Å². The summed E-state index contributed by atoms with van der Waals surface area (Å²) in [7, 11) is 0. The Morgan fingerprint density at radius 2 is 1.60 bits per heavy atom. The van der Waals surface area contributed by atoms with Gasteiger partial charge < -0.3 is 0 Å². The molecule has 0 aliphatic carbocycles. The largest absolute Gasteiger partial charge is 0.262 e. The fourth-order valence-electron chi connectivity index (χ4n) is 2.10. The normalized spacial score (nSPS) is 10.6. The quantitative estimate of drug-likeness (QED) is 0.762. The zero-order valence-corrected chi connectivity index (χ0v) is 11.2. The van der Waals surface area contributed by atoms with E-state index in [0.29, 0.717) is 0 Å². The molecule has 0 spiro atoms. The van der Waals surface area contributed by atoms with Crippen LogP contribution < -0.4 is 0 Å². The van der Waals surface area contributed by atoms with E-state index < -0.39 is 0 Å². The molecule has 1 heterocycles. The van der Waals surface area contributed by atoms with E-state index in [1.165, 1.54) is 5.56 Å². The van der Waals surface area contributed by atoms with E-state index in [4.69, 9.17) is 0 Å². The first-order valence-corrected chi connectivity index (χ1v) is 6.77. The maximum absolute atomic E-state index is 4.49. The number of aromatic amines is 1. The molecule has 3 rings (SSSR count). The van der Waals surface area contributed by atoms with E-state index in [-0.39, 0.29) is 0 Å². The molecule has 0 aliphatic heterocycles.